The molecule has 1 aliphatic rings. The third-order valence-electron chi connectivity index (χ3n) is 7.55. The molecule has 0 radical (unpaired) electrons. The molecule has 0 aromatic heterocycles. The third kappa shape index (κ3) is 7.20. The highest BCUT2D eigenvalue weighted by atomic mass is 79.9. The minimum Gasteiger partial charge on any atom is -0.493 e. The Morgan fingerprint density at radius 2 is 1.50 bits per heavy atom. The van der Waals surface area contributed by atoms with Gasteiger partial charge in [0.1, 0.15) is 11.8 Å². The molecule has 4 amide bonds. The number of methoxy groups -OCH3 is 3. The molecule has 46 heavy (non-hydrogen) atoms. The maximum absolute atomic E-state index is 13.6. The van der Waals surface area contributed by atoms with E-state index in [0.29, 0.717) is 24.6 Å². The van der Waals surface area contributed by atoms with Crippen molar-refractivity contribution >= 4 is 50.9 Å². The molecule has 1 heterocycles. The Morgan fingerprint density at radius 3 is 2.04 bits per heavy atom. The van der Waals surface area contributed by atoms with E-state index in [-0.39, 0.29) is 52.1 Å². The second-order valence-corrected chi connectivity index (χ2v) is 11.3. The predicted octanol–water partition coefficient (Wildman–Crippen LogP) is 5.45. The summed E-state index contributed by atoms with van der Waals surface area (Å²) >= 11 is 3.56. The van der Waals surface area contributed by atoms with Gasteiger partial charge in [-0.1, -0.05) is 15.9 Å². The molecule has 1 aliphatic heterocycles. The van der Waals surface area contributed by atoms with Crippen LogP contribution in [0.2, 0.25) is 0 Å². The van der Waals surface area contributed by atoms with Crippen molar-refractivity contribution in [2.24, 2.45) is 0 Å². The van der Waals surface area contributed by atoms with Gasteiger partial charge in [-0.25, -0.2) is 0 Å². The predicted molar refractivity (Wildman–Crippen MR) is 177 cm³/mol. The van der Waals surface area contributed by atoms with Gasteiger partial charge < -0.3 is 39.8 Å². The lowest BCUT2D eigenvalue weighted by Gasteiger charge is -2.21. The van der Waals surface area contributed by atoms with Crippen LogP contribution in [0.15, 0.2) is 40.9 Å². The highest BCUT2D eigenvalue weighted by Crippen LogP contribution is 2.40. The van der Waals surface area contributed by atoms with Crippen molar-refractivity contribution in [3.63, 3.8) is 0 Å². The van der Waals surface area contributed by atoms with Crippen molar-refractivity contribution < 1.29 is 38.1 Å². The number of aryl methyl sites for hydroxylation is 2. The van der Waals surface area contributed by atoms with Crippen LogP contribution in [0.25, 0.3) is 0 Å². The summed E-state index contributed by atoms with van der Waals surface area (Å²) in [6.45, 7) is 8.46. The Bertz CT molecular complexity index is 1640. The smallest absolute Gasteiger partial charge is 0.256 e. The molecular formula is C33H37BrN4O8. The number of hydrogen-bond donors (Lipinski definition) is 3. The van der Waals surface area contributed by atoms with Crippen molar-refractivity contribution in [1.82, 2.24) is 10.2 Å². The molecule has 3 aromatic rings. The molecule has 1 atom stereocenters. The number of amides is 4. The maximum Gasteiger partial charge on any atom is 0.256 e. The van der Waals surface area contributed by atoms with Crippen LogP contribution in [0.1, 0.15) is 52.1 Å². The van der Waals surface area contributed by atoms with E-state index in [1.807, 2.05) is 39.8 Å². The van der Waals surface area contributed by atoms with Crippen molar-refractivity contribution in [2.45, 2.75) is 40.2 Å². The molecule has 0 aliphatic carbocycles. The Balaban J connectivity index is 1.77. The van der Waals surface area contributed by atoms with Gasteiger partial charge >= 0.3 is 0 Å². The summed E-state index contributed by atoms with van der Waals surface area (Å²) in [6.07, 6.45) is -0.210. The minimum atomic E-state index is -1.11. The van der Waals surface area contributed by atoms with Crippen LogP contribution < -0.4 is 34.9 Å². The molecule has 12 nitrogen and oxygen atoms in total. The molecule has 0 fully saturated rings. The van der Waals surface area contributed by atoms with Crippen LogP contribution in [0.5, 0.6) is 28.7 Å². The number of carbonyl (C=O) groups is 4. The van der Waals surface area contributed by atoms with Crippen LogP contribution in [-0.2, 0) is 9.59 Å². The summed E-state index contributed by atoms with van der Waals surface area (Å²) in [5.74, 6) is -0.493. The lowest BCUT2D eigenvalue weighted by molar-refractivity contribution is -0.133. The Morgan fingerprint density at radius 1 is 0.891 bits per heavy atom. The summed E-state index contributed by atoms with van der Waals surface area (Å²) in [5, 5.41) is 8.25. The van der Waals surface area contributed by atoms with Crippen molar-refractivity contribution in [3.05, 3.63) is 63.1 Å². The van der Waals surface area contributed by atoms with Crippen molar-refractivity contribution in [3.8, 4) is 28.7 Å². The third-order valence-corrected chi connectivity index (χ3v) is 8.80. The molecule has 13 heteroatoms. The zero-order valence-electron chi connectivity index (χ0n) is 26.8. The summed E-state index contributed by atoms with van der Waals surface area (Å²) in [5.41, 5.74) is 2.41. The molecule has 3 N–H and O–H groups in total. The number of halogens is 1. The number of anilines is 2. The topological polar surface area (TPSA) is 145 Å². The zero-order valence-corrected chi connectivity index (χ0v) is 28.3. The van der Waals surface area contributed by atoms with Crippen LogP contribution in [0.4, 0.5) is 11.4 Å². The average molecular weight is 698 g/mol. The normalized spacial score (nSPS) is 13.9. The van der Waals surface area contributed by atoms with Crippen LogP contribution in [-0.4, -0.2) is 69.0 Å². The van der Waals surface area contributed by atoms with Gasteiger partial charge in [0.15, 0.2) is 17.2 Å². The average Bonchev–Trinajstić information content (AvgIpc) is 3.14. The van der Waals surface area contributed by atoms with Gasteiger partial charge in [0, 0.05) is 23.1 Å². The number of fused-ring (bicyclic) bond motifs is 1. The molecule has 0 bridgehead atoms. The van der Waals surface area contributed by atoms with Gasteiger partial charge in [-0.3, -0.25) is 19.2 Å². The first-order chi connectivity index (χ1) is 21.9. The summed E-state index contributed by atoms with van der Waals surface area (Å²) in [7, 11) is 4.34. The molecular weight excluding hydrogens is 660 g/mol. The Kier molecular flexibility index (Phi) is 10.8. The largest absolute Gasteiger partial charge is 0.493 e. The fraction of sp³-hybridized carbons (Fsp3) is 0.333. The van der Waals surface area contributed by atoms with E-state index in [4.69, 9.17) is 18.9 Å². The molecule has 0 saturated heterocycles. The van der Waals surface area contributed by atoms with E-state index >= 15 is 0 Å². The van der Waals surface area contributed by atoms with E-state index in [9.17, 15) is 19.2 Å². The lowest BCUT2D eigenvalue weighted by Crippen LogP contribution is -2.45. The second-order valence-electron chi connectivity index (χ2n) is 10.5. The summed E-state index contributed by atoms with van der Waals surface area (Å²) in [6, 6.07) is 8.40. The monoisotopic (exact) mass is 696 g/mol. The van der Waals surface area contributed by atoms with Gasteiger partial charge in [-0.05, 0) is 75.2 Å². The number of carbonyl (C=O) groups excluding carboxylic acids is 4. The van der Waals surface area contributed by atoms with E-state index in [1.54, 1.807) is 4.90 Å². The number of rotatable bonds is 11. The fourth-order valence-electron chi connectivity index (χ4n) is 5.10. The standard InChI is InChI=1S/C33H37BrN4O8/c1-8-38(9-2)28(39)16-24-33(42)35-22-15-23(36-31(40)19-12-26(43-5)30(45-7)27(13-19)44-6)25(14-21(22)32(41)37-24)46-20-10-17(3)29(34)18(4)11-20/h10-15,24H,8-9,16H2,1-7H3,(H,35,42)(H,36,40)(H,37,41)/t24-/m0/s1. The van der Waals surface area contributed by atoms with Crippen LogP contribution >= 0.6 is 15.9 Å². The van der Waals surface area contributed by atoms with Crippen molar-refractivity contribution in [1.29, 1.82) is 0 Å². The van der Waals surface area contributed by atoms with Gasteiger partial charge in [0.05, 0.1) is 44.7 Å². The summed E-state index contributed by atoms with van der Waals surface area (Å²) < 4.78 is 23.4. The fourth-order valence-corrected chi connectivity index (χ4v) is 5.33. The Labute approximate surface area is 275 Å². The summed E-state index contributed by atoms with van der Waals surface area (Å²) in [4.78, 5) is 54.7. The maximum atomic E-state index is 13.6. The van der Waals surface area contributed by atoms with Crippen LogP contribution in [0, 0.1) is 13.8 Å². The van der Waals surface area contributed by atoms with Gasteiger partial charge in [0.25, 0.3) is 11.8 Å². The first kappa shape index (κ1) is 34.1. The molecule has 0 spiro atoms. The molecule has 4 rings (SSSR count). The first-order valence-electron chi connectivity index (χ1n) is 14.6. The SMILES string of the molecule is CCN(CC)C(=O)C[C@@H]1NC(=O)c2cc(Oc3cc(C)c(Br)c(C)c3)c(NC(=O)c3cc(OC)c(OC)c(OC)c3)cc2NC1=O. The van der Waals surface area contributed by atoms with E-state index < -0.39 is 23.8 Å². The minimum absolute atomic E-state index is 0.0949. The highest BCUT2D eigenvalue weighted by molar-refractivity contribution is 9.10. The molecule has 244 valence electrons. The van der Waals surface area contributed by atoms with E-state index in [2.05, 4.69) is 31.9 Å². The quantitative estimate of drug-likeness (QED) is 0.240. The highest BCUT2D eigenvalue weighted by Gasteiger charge is 2.32. The first-order valence-corrected chi connectivity index (χ1v) is 15.4. The van der Waals surface area contributed by atoms with Gasteiger partial charge in [-0.2, -0.15) is 0 Å². The number of benzene rings is 3. The molecule has 0 unspecified atom stereocenters. The molecule has 3 aromatic carbocycles. The number of ether oxygens (including phenoxy) is 4. The zero-order chi connectivity index (χ0) is 33.7. The molecule has 0 saturated carbocycles. The number of hydrogen-bond acceptors (Lipinski definition) is 8. The van der Waals surface area contributed by atoms with Crippen molar-refractivity contribution in [2.75, 3.05) is 45.1 Å². The van der Waals surface area contributed by atoms with E-state index in [1.165, 1.54) is 45.6 Å². The number of nitrogens with zero attached hydrogens (tertiary/aromatic N) is 1. The van der Waals surface area contributed by atoms with Gasteiger partial charge in [0.2, 0.25) is 17.6 Å². The van der Waals surface area contributed by atoms with Gasteiger partial charge in [-0.15, -0.1) is 0 Å². The Hall–Kier alpha value is -4.78. The lowest BCUT2D eigenvalue weighted by atomic mass is 10.1. The van der Waals surface area contributed by atoms with E-state index in [0.717, 1.165) is 15.6 Å². The second kappa shape index (κ2) is 14.5. The number of nitrogens with one attached hydrogen (secondary N) is 3. The van der Waals surface area contributed by atoms with Crippen LogP contribution in [0.3, 0.4) is 0 Å².